The molecule has 1 aliphatic heterocycles. The van der Waals surface area contributed by atoms with Crippen LogP contribution in [0.4, 0.5) is 10.5 Å². The van der Waals surface area contributed by atoms with Gasteiger partial charge in [0.05, 0.1) is 5.69 Å². The van der Waals surface area contributed by atoms with E-state index >= 15 is 0 Å². The summed E-state index contributed by atoms with van der Waals surface area (Å²) in [5.41, 5.74) is 0.838. The zero-order valence-electron chi connectivity index (χ0n) is 12.1. The molecule has 1 N–H and O–H groups in total. The number of para-hydroxylation sites is 1. The van der Waals surface area contributed by atoms with Gasteiger partial charge in [-0.3, -0.25) is 4.79 Å². The van der Waals surface area contributed by atoms with E-state index in [9.17, 15) is 9.59 Å². The largest absolute Gasteiger partial charge is 0.415 e. The van der Waals surface area contributed by atoms with Gasteiger partial charge < -0.3 is 19.5 Å². The summed E-state index contributed by atoms with van der Waals surface area (Å²) in [6, 6.07) is 12.3. The van der Waals surface area contributed by atoms with Crippen molar-refractivity contribution in [2.45, 2.75) is 0 Å². The highest BCUT2D eigenvalue weighted by atomic mass is 16.6. The van der Waals surface area contributed by atoms with Crippen molar-refractivity contribution in [3.63, 3.8) is 0 Å². The summed E-state index contributed by atoms with van der Waals surface area (Å²) in [6.07, 6.45) is 1.37. The highest BCUT2D eigenvalue weighted by molar-refractivity contribution is 5.71. The fourth-order valence-corrected chi connectivity index (χ4v) is 2.40. The van der Waals surface area contributed by atoms with Gasteiger partial charge in [-0.05, 0) is 18.2 Å². The maximum Gasteiger partial charge on any atom is 0.415 e. The molecule has 0 aliphatic carbocycles. The van der Waals surface area contributed by atoms with Crippen LogP contribution < -0.4 is 15.2 Å². The van der Waals surface area contributed by atoms with Crippen LogP contribution in [0, 0.1) is 0 Å². The van der Waals surface area contributed by atoms with Crippen LogP contribution in [0.1, 0.15) is 0 Å². The third-order valence-electron chi connectivity index (χ3n) is 3.62. The molecule has 6 heteroatoms. The number of anilines is 1. The van der Waals surface area contributed by atoms with Gasteiger partial charge in [-0.15, -0.1) is 0 Å². The number of carbonyl (C=O) groups excluding carboxylic acids is 1. The van der Waals surface area contributed by atoms with Crippen LogP contribution in [0.25, 0.3) is 0 Å². The molecule has 2 aromatic rings. The van der Waals surface area contributed by atoms with Crippen molar-refractivity contribution in [3.8, 4) is 5.75 Å². The van der Waals surface area contributed by atoms with Crippen molar-refractivity contribution in [1.29, 1.82) is 0 Å². The summed E-state index contributed by atoms with van der Waals surface area (Å²) in [4.78, 5) is 29.6. The fourth-order valence-electron chi connectivity index (χ4n) is 2.40. The third-order valence-corrected chi connectivity index (χ3v) is 3.62. The Labute approximate surface area is 127 Å². The summed E-state index contributed by atoms with van der Waals surface area (Å²) in [5.74, 6) is 0.551. The molecule has 1 aromatic heterocycles. The van der Waals surface area contributed by atoms with Crippen molar-refractivity contribution in [2.24, 2.45) is 0 Å². The molecule has 0 atom stereocenters. The molecule has 0 bridgehead atoms. The van der Waals surface area contributed by atoms with E-state index in [1.54, 1.807) is 29.3 Å². The van der Waals surface area contributed by atoms with Gasteiger partial charge >= 0.3 is 6.09 Å². The number of rotatable bonds is 2. The number of nitrogens with zero attached hydrogens (tertiary/aromatic N) is 2. The summed E-state index contributed by atoms with van der Waals surface area (Å²) in [5, 5.41) is 0. The first-order valence-corrected chi connectivity index (χ1v) is 7.18. The average Bonchev–Trinajstić information content (AvgIpc) is 2.57. The second-order valence-corrected chi connectivity index (χ2v) is 5.07. The first kappa shape index (κ1) is 14.2. The molecule has 0 unspecified atom stereocenters. The van der Waals surface area contributed by atoms with Crippen LogP contribution in [-0.4, -0.2) is 42.2 Å². The monoisotopic (exact) mass is 299 g/mol. The molecule has 1 saturated heterocycles. The van der Waals surface area contributed by atoms with E-state index in [-0.39, 0.29) is 11.7 Å². The Hall–Kier alpha value is -2.76. The van der Waals surface area contributed by atoms with E-state index < -0.39 is 0 Å². The Morgan fingerprint density at radius 2 is 1.73 bits per heavy atom. The Balaban J connectivity index is 1.56. The first-order valence-electron chi connectivity index (χ1n) is 7.18. The molecule has 1 amide bonds. The standard InChI is InChI=1S/C16H17N3O3/c20-15-7-6-13(12-17-15)18-8-10-19(11-9-18)16(21)22-14-4-2-1-3-5-14/h1-7,12H,8-11H2,(H,17,20). The number of ether oxygens (including phenoxy) is 1. The fraction of sp³-hybridized carbons (Fsp3) is 0.250. The van der Waals surface area contributed by atoms with Gasteiger partial charge in [-0.1, -0.05) is 18.2 Å². The van der Waals surface area contributed by atoms with Gasteiger partial charge in [0, 0.05) is 38.4 Å². The molecule has 0 saturated carbocycles. The molecule has 6 nitrogen and oxygen atoms in total. The van der Waals surface area contributed by atoms with Crippen molar-refractivity contribution in [1.82, 2.24) is 9.88 Å². The van der Waals surface area contributed by atoms with Crippen LogP contribution in [0.3, 0.4) is 0 Å². The van der Waals surface area contributed by atoms with E-state index in [1.165, 1.54) is 6.07 Å². The van der Waals surface area contributed by atoms with E-state index in [0.717, 1.165) is 5.69 Å². The lowest BCUT2D eigenvalue weighted by molar-refractivity contribution is 0.149. The van der Waals surface area contributed by atoms with Crippen LogP contribution in [0.2, 0.25) is 0 Å². The number of hydrogen-bond acceptors (Lipinski definition) is 4. The molecular weight excluding hydrogens is 282 g/mol. The molecule has 22 heavy (non-hydrogen) atoms. The van der Waals surface area contributed by atoms with Gasteiger partial charge in [-0.25, -0.2) is 4.79 Å². The topological polar surface area (TPSA) is 65.6 Å². The minimum absolute atomic E-state index is 0.117. The highest BCUT2D eigenvalue weighted by Gasteiger charge is 2.22. The quantitative estimate of drug-likeness (QED) is 0.916. The van der Waals surface area contributed by atoms with Gasteiger partial charge in [0.25, 0.3) is 0 Å². The number of benzene rings is 1. The molecule has 0 spiro atoms. The summed E-state index contributed by atoms with van der Waals surface area (Å²) in [6.45, 7) is 2.58. The second-order valence-electron chi connectivity index (χ2n) is 5.07. The highest BCUT2D eigenvalue weighted by Crippen LogP contribution is 2.15. The SMILES string of the molecule is O=C(Oc1ccccc1)N1CCN(c2ccc(=O)[nH]c2)CC1. The average molecular weight is 299 g/mol. The third kappa shape index (κ3) is 3.28. The molecule has 1 aromatic carbocycles. The molecule has 1 aliphatic rings. The van der Waals surface area contributed by atoms with Crippen LogP contribution >= 0.6 is 0 Å². The molecule has 2 heterocycles. The van der Waals surface area contributed by atoms with Crippen molar-refractivity contribution < 1.29 is 9.53 Å². The Kier molecular flexibility index (Phi) is 4.09. The van der Waals surface area contributed by atoms with E-state index in [2.05, 4.69) is 9.88 Å². The Morgan fingerprint density at radius 1 is 1.00 bits per heavy atom. The lowest BCUT2D eigenvalue weighted by atomic mass is 10.3. The smallest absolute Gasteiger partial charge is 0.410 e. The van der Waals surface area contributed by atoms with Crippen molar-refractivity contribution in [3.05, 3.63) is 59.0 Å². The number of carbonyl (C=O) groups is 1. The number of piperazine rings is 1. The number of nitrogens with one attached hydrogen (secondary N) is 1. The summed E-state index contributed by atoms with van der Waals surface area (Å²) < 4.78 is 5.33. The molecule has 114 valence electrons. The van der Waals surface area contributed by atoms with Crippen LogP contribution in [0.5, 0.6) is 5.75 Å². The minimum atomic E-state index is -0.327. The summed E-state index contributed by atoms with van der Waals surface area (Å²) in [7, 11) is 0. The van der Waals surface area contributed by atoms with Gasteiger partial charge in [0.15, 0.2) is 0 Å². The minimum Gasteiger partial charge on any atom is -0.410 e. The second kappa shape index (κ2) is 6.34. The maximum atomic E-state index is 12.1. The Morgan fingerprint density at radius 3 is 2.36 bits per heavy atom. The van der Waals surface area contributed by atoms with Gasteiger partial charge in [0.2, 0.25) is 5.56 Å². The predicted octanol–water partition coefficient (Wildman–Crippen LogP) is 1.70. The van der Waals surface area contributed by atoms with Crippen molar-refractivity contribution >= 4 is 11.8 Å². The van der Waals surface area contributed by atoms with Gasteiger partial charge in [0.1, 0.15) is 5.75 Å². The summed E-state index contributed by atoms with van der Waals surface area (Å²) >= 11 is 0. The first-order chi connectivity index (χ1) is 10.7. The molecular formula is C16H17N3O3. The van der Waals surface area contributed by atoms with E-state index in [1.807, 2.05) is 18.2 Å². The van der Waals surface area contributed by atoms with E-state index in [0.29, 0.717) is 31.9 Å². The number of H-pyrrole nitrogens is 1. The lowest BCUT2D eigenvalue weighted by Crippen LogP contribution is -2.49. The molecule has 0 radical (unpaired) electrons. The Bertz CT molecular complexity index is 671. The number of hydrogen-bond donors (Lipinski definition) is 1. The van der Waals surface area contributed by atoms with E-state index in [4.69, 9.17) is 4.74 Å². The number of amides is 1. The van der Waals surface area contributed by atoms with Gasteiger partial charge in [-0.2, -0.15) is 0 Å². The zero-order chi connectivity index (χ0) is 15.4. The van der Waals surface area contributed by atoms with Crippen molar-refractivity contribution in [2.75, 3.05) is 31.1 Å². The maximum absolute atomic E-state index is 12.1. The van der Waals surface area contributed by atoms with Crippen LogP contribution in [0.15, 0.2) is 53.5 Å². The lowest BCUT2D eigenvalue weighted by Gasteiger charge is -2.35. The predicted molar refractivity (Wildman–Crippen MR) is 83.3 cm³/mol. The number of aromatic nitrogens is 1. The number of pyridine rings is 1. The molecule has 3 rings (SSSR count). The van der Waals surface area contributed by atoms with Crippen LogP contribution in [-0.2, 0) is 0 Å². The zero-order valence-corrected chi connectivity index (χ0v) is 12.1. The number of aromatic amines is 1. The molecule has 1 fully saturated rings. The normalized spacial score (nSPS) is 14.7.